The number of nitrogens with one attached hydrogen (secondary N) is 2. The summed E-state index contributed by atoms with van der Waals surface area (Å²) in [6.45, 7) is 18.0. The maximum Gasteiger partial charge on any atom is 0.408 e. The zero-order valence-corrected chi connectivity index (χ0v) is 28.3. The monoisotopic (exact) mass is 619 g/mol. The molecule has 9 nitrogen and oxygen atoms in total. The number of hydrogen-bond acceptors (Lipinski definition) is 6. The summed E-state index contributed by atoms with van der Waals surface area (Å²) < 4.78 is 11.1. The second-order valence-corrected chi connectivity index (χ2v) is 13.7. The van der Waals surface area contributed by atoms with Crippen molar-refractivity contribution in [1.29, 1.82) is 0 Å². The van der Waals surface area contributed by atoms with Crippen molar-refractivity contribution >= 4 is 23.9 Å². The molecule has 0 radical (unpaired) electrons. The number of carbonyl (C=O) groups is 4. The summed E-state index contributed by atoms with van der Waals surface area (Å²) >= 11 is 0. The van der Waals surface area contributed by atoms with Gasteiger partial charge in [-0.05, 0) is 90.0 Å². The summed E-state index contributed by atoms with van der Waals surface area (Å²) in [7, 11) is 0. The number of benzene rings is 2. The SMILES string of the molecule is C#CN(C(=O)C(CC(C)C)NC(=O)OC(C)(C)C)C(C(=O)NC(Cc1ccccc1)C(=O)OC(C)(C)C)c1ccc(C)c(C)c1. The van der Waals surface area contributed by atoms with Crippen LogP contribution in [0.3, 0.4) is 0 Å². The van der Waals surface area contributed by atoms with Gasteiger partial charge in [0, 0.05) is 12.5 Å². The lowest BCUT2D eigenvalue weighted by molar-refractivity contribution is -0.159. The van der Waals surface area contributed by atoms with Crippen LogP contribution in [0.1, 0.15) is 90.1 Å². The molecule has 0 aromatic heterocycles. The smallest absolute Gasteiger partial charge is 0.408 e. The van der Waals surface area contributed by atoms with Gasteiger partial charge in [0.1, 0.15) is 29.3 Å². The number of aryl methyl sites for hydroxylation is 2. The van der Waals surface area contributed by atoms with E-state index in [1.54, 1.807) is 53.7 Å². The van der Waals surface area contributed by atoms with E-state index in [1.165, 1.54) is 0 Å². The molecule has 2 aromatic carbocycles. The van der Waals surface area contributed by atoms with Gasteiger partial charge in [0.05, 0.1) is 0 Å². The van der Waals surface area contributed by atoms with Gasteiger partial charge in [0.25, 0.3) is 5.91 Å². The zero-order chi connectivity index (χ0) is 34.1. The number of rotatable bonds is 11. The molecule has 45 heavy (non-hydrogen) atoms. The van der Waals surface area contributed by atoms with Crippen LogP contribution in [-0.2, 0) is 30.3 Å². The average molecular weight is 620 g/mol. The fourth-order valence-corrected chi connectivity index (χ4v) is 4.60. The number of terminal acetylenes is 1. The normalized spacial score (nSPS) is 13.6. The van der Waals surface area contributed by atoms with Crippen molar-refractivity contribution in [3.05, 3.63) is 70.8 Å². The minimum atomic E-state index is -1.32. The van der Waals surface area contributed by atoms with Crippen LogP contribution in [0.15, 0.2) is 48.5 Å². The minimum absolute atomic E-state index is 0.00942. The van der Waals surface area contributed by atoms with Crippen molar-refractivity contribution in [1.82, 2.24) is 15.5 Å². The fraction of sp³-hybridized carbons (Fsp3) is 0.500. The van der Waals surface area contributed by atoms with Gasteiger partial charge in [-0.3, -0.25) is 14.5 Å². The van der Waals surface area contributed by atoms with Crippen LogP contribution >= 0.6 is 0 Å². The Morgan fingerprint density at radius 3 is 1.96 bits per heavy atom. The number of amides is 3. The Balaban J connectivity index is 2.58. The predicted molar refractivity (Wildman–Crippen MR) is 175 cm³/mol. The summed E-state index contributed by atoms with van der Waals surface area (Å²) in [6, 6.07) is 13.5. The van der Waals surface area contributed by atoms with E-state index < -0.39 is 53.2 Å². The molecule has 0 aliphatic rings. The van der Waals surface area contributed by atoms with Crippen molar-refractivity contribution in [3.63, 3.8) is 0 Å². The lowest BCUT2D eigenvalue weighted by atomic mass is 9.96. The molecule has 0 fully saturated rings. The topological polar surface area (TPSA) is 114 Å². The van der Waals surface area contributed by atoms with Crippen molar-refractivity contribution in [3.8, 4) is 12.5 Å². The van der Waals surface area contributed by atoms with Gasteiger partial charge >= 0.3 is 12.1 Å². The van der Waals surface area contributed by atoms with Crippen LogP contribution in [0.5, 0.6) is 0 Å². The lowest BCUT2D eigenvalue weighted by Crippen LogP contribution is -2.54. The van der Waals surface area contributed by atoms with Crippen LogP contribution in [-0.4, -0.2) is 52.1 Å². The maximum absolute atomic E-state index is 14.2. The standard InChI is InChI=1S/C36H49N3O6/c1-12-39(32(41)28(20-23(2)3)38-34(43)45-36(9,10)11)30(27-19-18-24(4)25(5)21-27)31(40)37-29(33(42)44-35(6,7)8)22-26-16-14-13-15-17-26/h1,13-19,21,23,28-30H,20,22H2,2-11H3,(H,37,40)(H,38,43). The van der Waals surface area contributed by atoms with Gasteiger partial charge in [-0.15, -0.1) is 0 Å². The molecular formula is C36H49N3O6. The Labute approximate surface area is 268 Å². The highest BCUT2D eigenvalue weighted by molar-refractivity contribution is 5.95. The van der Waals surface area contributed by atoms with Gasteiger partial charge in [-0.2, -0.15) is 0 Å². The van der Waals surface area contributed by atoms with Crippen molar-refractivity contribution in [2.75, 3.05) is 0 Å². The van der Waals surface area contributed by atoms with Crippen LogP contribution in [0.4, 0.5) is 4.79 Å². The highest BCUT2D eigenvalue weighted by atomic mass is 16.6. The molecule has 0 heterocycles. The first-order chi connectivity index (χ1) is 20.8. The first-order valence-corrected chi connectivity index (χ1v) is 15.2. The quantitative estimate of drug-likeness (QED) is 0.188. The number of esters is 1. The zero-order valence-electron chi connectivity index (χ0n) is 28.3. The van der Waals surface area contributed by atoms with Crippen molar-refractivity contribution < 1.29 is 28.7 Å². The lowest BCUT2D eigenvalue weighted by Gasteiger charge is -2.32. The highest BCUT2D eigenvalue weighted by Crippen LogP contribution is 2.26. The highest BCUT2D eigenvalue weighted by Gasteiger charge is 2.38. The molecule has 2 aromatic rings. The molecule has 3 atom stereocenters. The average Bonchev–Trinajstić information content (AvgIpc) is 2.90. The Morgan fingerprint density at radius 1 is 0.844 bits per heavy atom. The van der Waals surface area contributed by atoms with Crippen LogP contribution < -0.4 is 10.6 Å². The third-order valence-electron chi connectivity index (χ3n) is 6.72. The largest absolute Gasteiger partial charge is 0.458 e. The molecule has 3 amide bonds. The molecule has 0 aliphatic heterocycles. The van der Waals surface area contributed by atoms with Crippen LogP contribution in [0, 0.1) is 32.2 Å². The minimum Gasteiger partial charge on any atom is -0.458 e. The third-order valence-corrected chi connectivity index (χ3v) is 6.72. The summed E-state index contributed by atoms with van der Waals surface area (Å²) in [4.78, 5) is 55.5. The molecule has 2 N–H and O–H groups in total. The maximum atomic E-state index is 14.2. The Bertz CT molecular complexity index is 1380. The van der Waals surface area contributed by atoms with E-state index in [-0.39, 0.29) is 18.8 Å². The van der Waals surface area contributed by atoms with Gasteiger partial charge in [0.15, 0.2) is 0 Å². The van der Waals surface area contributed by atoms with E-state index in [9.17, 15) is 19.2 Å². The number of alkyl carbamates (subject to hydrolysis) is 1. The van der Waals surface area contributed by atoms with E-state index in [0.29, 0.717) is 5.56 Å². The number of nitrogens with zero attached hydrogens (tertiary/aromatic N) is 1. The molecule has 0 saturated heterocycles. The fourth-order valence-electron chi connectivity index (χ4n) is 4.60. The number of hydrogen-bond donors (Lipinski definition) is 2. The Hall–Kier alpha value is -4.32. The second-order valence-electron chi connectivity index (χ2n) is 13.7. The molecule has 0 spiro atoms. The number of carbonyl (C=O) groups excluding carboxylic acids is 4. The van der Waals surface area contributed by atoms with Gasteiger partial charge in [0.2, 0.25) is 5.91 Å². The molecule has 0 aliphatic carbocycles. The first kappa shape index (κ1) is 36.9. The summed E-state index contributed by atoms with van der Waals surface area (Å²) in [5.41, 5.74) is 1.52. The third kappa shape index (κ3) is 11.9. The van der Waals surface area contributed by atoms with Crippen molar-refractivity contribution in [2.45, 2.75) is 111 Å². The molecule has 0 bridgehead atoms. The molecular weight excluding hydrogens is 570 g/mol. The Kier molecular flexibility index (Phi) is 12.8. The molecule has 2 rings (SSSR count). The van der Waals surface area contributed by atoms with Gasteiger partial charge in [-0.25, -0.2) is 9.59 Å². The second kappa shape index (κ2) is 15.6. The molecule has 9 heteroatoms. The first-order valence-electron chi connectivity index (χ1n) is 15.2. The summed E-state index contributed by atoms with van der Waals surface area (Å²) in [6.07, 6.45) is 5.57. The predicted octanol–water partition coefficient (Wildman–Crippen LogP) is 5.77. The molecule has 244 valence electrons. The molecule has 0 saturated carbocycles. The van der Waals surface area contributed by atoms with Crippen LogP contribution in [0.2, 0.25) is 0 Å². The Morgan fingerprint density at radius 2 is 1.44 bits per heavy atom. The van der Waals surface area contributed by atoms with Gasteiger partial charge < -0.3 is 20.1 Å². The summed E-state index contributed by atoms with van der Waals surface area (Å²) in [5, 5.41) is 5.48. The van der Waals surface area contributed by atoms with E-state index >= 15 is 0 Å². The van der Waals surface area contributed by atoms with Crippen molar-refractivity contribution in [2.24, 2.45) is 5.92 Å². The van der Waals surface area contributed by atoms with E-state index in [4.69, 9.17) is 15.9 Å². The summed E-state index contributed by atoms with van der Waals surface area (Å²) in [5.74, 6) is -1.96. The molecule has 3 unspecified atom stereocenters. The van der Waals surface area contributed by atoms with Gasteiger partial charge in [-0.1, -0.05) is 68.8 Å². The van der Waals surface area contributed by atoms with E-state index in [1.807, 2.05) is 64.1 Å². The van der Waals surface area contributed by atoms with Crippen LogP contribution in [0.25, 0.3) is 0 Å². The van der Waals surface area contributed by atoms with E-state index in [0.717, 1.165) is 21.6 Å². The van der Waals surface area contributed by atoms with E-state index in [2.05, 4.69) is 16.7 Å². The number of ether oxygens (including phenoxy) is 2.